The summed E-state index contributed by atoms with van der Waals surface area (Å²) >= 11 is 0. The number of hydrogen-bond acceptors (Lipinski definition) is 6. The van der Waals surface area contributed by atoms with Crippen LogP contribution in [0.4, 0.5) is 0 Å². The monoisotopic (exact) mass is 337 g/mol. The van der Waals surface area contributed by atoms with Crippen molar-refractivity contribution in [3.63, 3.8) is 0 Å². The zero-order valence-corrected chi connectivity index (χ0v) is 13.9. The second kappa shape index (κ2) is 6.25. The van der Waals surface area contributed by atoms with E-state index in [0.717, 1.165) is 12.8 Å². The molecule has 3 heterocycles. The number of ether oxygens (including phenoxy) is 1. The van der Waals surface area contributed by atoms with Crippen molar-refractivity contribution in [2.75, 3.05) is 13.1 Å². The molecule has 0 bridgehead atoms. The van der Waals surface area contributed by atoms with Crippen molar-refractivity contribution >= 4 is 10.0 Å². The molecule has 8 nitrogen and oxygen atoms in total. The maximum absolute atomic E-state index is 12.7. The zero-order valence-electron chi connectivity index (χ0n) is 13.1. The van der Waals surface area contributed by atoms with Gasteiger partial charge in [-0.05, 0) is 19.8 Å². The van der Waals surface area contributed by atoms with Gasteiger partial charge in [0, 0.05) is 32.2 Å². The first kappa shape index (κ1) is 15.9. The summed E-state index contributed by atoms with van der Waals surface area (Å²) in [6.07, 6.45) is 7.45. The van der Waals surface area contributed by atoms with Crippen LogP contribution in [-0.2, 0) is 17.1 Å². The van der Waals surface area contributed by atoms with Gasteiger partial charge in [-0.1, -0.05) is 0 Å². The van der Waals surface area contributed by atoms with E-state index in [9.17, 15) is 8.42 Å². The number of hydrogen-bond donors (Lipinski definition) is 0. The van der Waals surface area contributed by atoms with Gasteiger partial charge in [0.05, 0.1) is 12.7 Å². The van der Waals surface area contributed by atoms with Crippen molar-refractivity contribution in [3.8, 4) is 5.88 Å². The number of sulfonamides is 1. The molecule has 0 spiro atoms. The van der Waals surface area contributed by atoms with E-state index in [-0.39, 0.29) is 17.7 Å². The second-order valence-corrected chi connectivity index (χ2v) is 7.41. The van der Waals surface area contributed by atoms with Crippen molar-refractivity contribution in [2.45, 2.75) is 30.9 Å². The topological polar surface area (TPSA) is 90.2 Å². The summed E-state index contributed by atoms with van der Waals surface area (Å²) in [7, 11) is -1.83. The summed E-state index contributed by atoms with van der Waals surface area (Å²) in [4.78, 5) is 12.1. The molecule has 2 aromatic heterocycles. The summed E-state index contributed by atoms with van der Waals surface area (Å²) in [5.74, 6) is 1.07. The summed E-state index contributed by atoms with van der Waals surface area (Å²) in [6, 6.07) is 0. The van der Waals surface area contributed by atoms with E-state index in [2.05, 4.69) is 15.0 Å². The van der Waals surface area contributed by atoms with Gasteiger partial charge in [0.25, 0.3) is 10.0 Å². The number of piperidine rings is 1. The molecular weight excluding hydrogens is 318 g/mol. The lowest BCUT2D eigenvalue weighted by Crippen LogP contribution is -2.44. The first-order valence-electron chi connectivity index (χ1n) is 7.39. The molecule has 1 aliphatic heterocycles. The normalized spacial score (nSPS) is 19.7. The highest BCUT2D eigenvalue weighted by molar-refractivity contribution is 7.89. The van der Waals surface area contributed by atoms with E-state index in [1.807, 2.05) is 0 Å². The standard InChI is InChI=1S/C14H19N5O3S/c1-11-17-14(10-18(11)2)23(20,21)19-7-3-4-12(9-19)22-13-8-15-5-6-16-13/h5-6,8,10,12H,3-4,7,9H2,1-2H3. The lowest BCUT2D eigenvalue weighted by molar-refractivity contribution is 0.124. The molecule has 9 heteroatoms. The van der Waals surface area contributed by atoms with Gasteiger partial charge in [-0.25, -0.2) is 18.4 Å². The van der Waals surface area contributed by atoms with Crippen LogP contribution in [0.2, 0.25) is 0 Å². The molecule has 1 aliphatic rings. The van der Waals surface area contributed by atoms with Crippen LogP contribution in [0.15, 0.2) is 29.8 Å². The van der Waals surface area contributed by atoms with Crippen LogP contribution in [0.3, 0.4) is 0 Å². The SMILES string of the molecule is Cc1nc(S(=O)(=O)N2CCCC(Oc3cnccn3)C2)cn1C. The van der Waals surface area contributed by atoms with E-state index in [0.29, 0.717) is 18.2 Å². The third-order valence-corrected chi connectivity index (χ3v) is 5.60. The molecule has 1 atom stereocenters. The molecule has 0 N–H and O–H groups in total. The molecule has 0 aromatic carbocycles. The summed E-state index contributed by atoms with van der Waals surface area (Å²) in [5.41, 5.74) is 0. The van der Waals surface area contributed by atoms with E-state index in [4.69, 9.17) is 4.74 Å². The lowest BCUT2D eigenvalue weighted by Gasteiger charge is -2.31. The summed E-state index contributed by atoms with van der Waals surface area (Å²) in [5, 5.41) is 0.0812. The molecule has 0 amide bonds. The molecule has 1 fully saturated rings. The minimum atomic E-state index is -3.60. The van der Waals surface area contributed by atoms with Gasteiger partial charge < -0.3 is 9.30 Å². The number of aryl methyl sites for hydroxylation is 2. The first-order chi connectivity index (χ1) is 11.0. The summed E-state index contributed by atoms with van der Waals surface area (Å²) in [6.45, 7) is 2.53. The van der Waals surface area contributed by atoms with Crippen molar-refractivity contribution in [1.29, 1.82) is 0 Å². The van der Waals surface area contributed by atoms with Crippen LogP contribution >= 0.6 is 0 Å². The van der Waals surface area contributed by atoms with Crippen molar-refractivity contribution < 1.29 is 13.2 Å². The first-order valence-corrected chi connectivity index (χ1v) is 8.83. The molecule has 124 valence electrons. The van der Waals surface area contributed by atoms with E-state index in [1.165, 1.54) is 16.7 Å². The fourth-order valence-electron chi connectivity index (χ4n) is 2.52. The molecule has 0 radical (unpaired) electrons. The highest BCUT2D eigenvalue weighted by Crippen LogP contribution is 2.22. The average Bonchev–Trinajstić information content (AvgIpc) is 2.89. The minimum Gasteiger partial charge on any atom is -0.472 e. The highest BCUT2D eigenvalue weighted by atomic mass is 32.2. The Balaban J connectivity index is 1.75. The molecule has 23 heavy (non-hydrogen) atoms. The van der Waals surface area contributed by atoms with Gasteiger partial charge in [-0.15, -0.1) is 0 Å². The molecule has 0 aliphatic carbocycles. The molecule has 3 rings (SSSR count). The Morgan fingerprint density at radius 3 is 2.83 bits per heavy atom. The largest absolute Gasteiger partial charge is 0.472 e. The van der Waals surface area contributed by atoms with Gasteiger partial charge in [0.1, 0.15) is 11.9 Å². The van der Waals surface area contributed by atoms with E-state index < -0.39 is 10.0 Å². The van der Waals surface area contributed by atoms with E-state index in [1.54, 1.807) is 30.9 Å². The minimum absolute atomic E-state index is 0.0812. The average molecular weight is 337 g/mol. The third kappa shape index (κ3) is 3.35. The molecule has 1 saturated heterocycles. The maximum Gasteiger partial charge on any atom is 0.262 e. The van der Waals surface area contributed by atoms with Crippen molar-refractivity contribution in [1.82, 2.24) is 23.8 Å². The Morgan fingerprint density at radius 1 is 1.35 bits per heavy atom. The Bertz CT molecular complexity index is 755. The molecular formula is C14H19N5O3S. The second-order valence-electron chi connectivity index (χ2n) is 5.53. The maximum atomic E-state index is 12.7. The highest BCUT2D eigenvalue weighted by Gasteiger charge is 2.33. The third-order valence-electron chi connectivity index (χ3n) is 3.86. The van der Waals surface area contributed by atoms with Crippen molar-refractivity contribution in [3.05, 3.63) is 30.6 Å². The van der Waals surface area contributed by atoms with Crippen LogP contribution in [0.1, 0.15) is 18.7 Å². The number of rotatable bonds is 4. The van der Waals surface area contributed by atoms with Crippen molar-refractivity contribution in [2.24, 2.45) is 7.05 Å². The Hall–Kier alpha value is -2.00. The van der Waals surface area contributed by atoms with Gasteiger partial charge >= 0.3 is 0 Å². The molecule has 1 unspecified atom stereocenters. The zero-order chi connectivity index (χ0) is 16.4. The smallest absolute Gasteiger partial charge is 0.262 e. The fourth-order valence-corrected chi connectivity index (χ4v) is 4.05. The lowest BCUT2D eigenvalue weighted by atomic mass is 10.1. The van der Waals surface area contributed by atoms with Gasteiger partial charge in [-0.3, -0.25) is 4.98 Å². The Labute approximate surface area is 135 Å². The Kier molecular flexibility index (Phi) is 4.31. The van der Waals surface area contributed by atoms with Gasteiger partial charge in [-0.2, -0.15) is 4.31 Å². The van der Waals surface area contributed by atoms with Crippen LogP contribution in [-0.4, -0.2) is 51.4 Å². The van der Waals surface area contributed by atoms with E-state index >= 15 is 0 Å². The molecule has 2 aromatic rings. The van der Waals surface area contributed by atoms with Gasteiger partial charge in [0.2, 0.25) is 5.88 Å². The van der Waals surface area contributed by atoms with Gasteiger partial charge in [0.15, 0.2) is 5.03 Å². The number of imidazole rings is 1. The number of nitrogens with zero attached hydrogens (tertiary/aromatic N) is 5. The number of aromatic nitrogens is 4. The van der Waals surface area contributed by atoms with Crippen LogP contribution in [0.5, 0.6) is 5.88 Å². The Morgan fingerprint density at radius 2 is 2.17 bits per heavy atom. The van der Waals surface area contributed by atoms with Crippen LogP contribution in [0.25, 0.3) is 0 Å². The van der Waals surface area contributed by atoms with Crippen LogP contribution < -0.4 is 4.74 Å². The molecule has 0 saturated carbocycles. The summed E-state index contributed by atoms with van der Waals surface area (Å²) < 4.78 is 34.3. The predicted octanol–water partition coefficient (Wildman–Crippen LogP) is 0.751. The quantitative estimate of drug-likeness (QED) is 0.818. The fraction of sp³-hybridized carbons (Fsp3) is 0.500. The predicted molar refractivity (Wildman–Crippen MR) is 82.4 cm³/mol. The van der Waals surface area contributed by atoms with Crippen LogP contribution in [0, 0.1) is 6.92 Å².